The average Bonchev–Trinajstić information content (AvgIpc) is 2.87. The summed E-state index contributed by atoms with van der Waals surface area (Å²) in [5, 5.41) is 23.8. The minimum Gasteiger partial charge on any atom is -0.507 e. The molecule has 7 nitrogen and oxygen atoms in total. The van der Waals surface area contributed by atoms with E-state index in [1.54, 1.807) is 79.0 Å². The number of benzene rings is 3. The average molecular weight is 463 g/mol. The Kier molecular flexibility index (Phi) is 4.64. The van der Waals surface area contributed by atoms with Gasteiger partial charge in [0.1, 0.15) is 22.7 Å². The molecule has 3 aromatic carbocycles. The first kappa shape index (κ1) is 20.7. The van der Waals surface area contributed by atoms with E-state index in [0.717, 1.165) is 0 Å². The van der Waals surface area contributed by atoms with E-state index in [0.29, 0.717) is 27.2 Å². The highest BCUT2D eigenvalue weighted by atomic mass is 16.4. The van der Waals surface area contributed by atoms with Crippen molar-refractivity contribution in [1.29, 1.82) is 0 Å². The van der Waals surface area contributed by atoms with E-state index < -0.39 is 17.2 Å². The summed E-state index contributed by atoms with van der Waals surface area (Å²) in [6.45, 7) is 0. The Morgan fingerprint density at radius 1 is 0.629 bits per heavy atom. The highest BCUT2D eigenvalue weighted by molar-refractivity contribution is 5.89. The number of hydrogen-bond donors (Lipinski definition) is 2. The van der Waals surface area contributed by atoms with E-state index in [4.69, 9.17) is 8.83 Å². The van der Waals surface area contributed by atoms with Crippen molar-refractivity contribution in [3.05, 3.63) is 123 Å². The number of fused-ring (bicyclic) bond motifs is 3. The van der Waals surface area contributed by atoms with Crippen LogP contribution < -0.4 is 11.3 Å². The molecule has 0 aliphatic carbocycles. The number of aromatic hydroxyl groups is 2. The van der Waals surface area contributed by atoms with Crippen LogP contribution in [0.4, 0.5) is 0 Å². The van der Waals surface area contributed by atoms with Crippen molar-refractivity contribution in [3.63, 3.8) is 0 Å². The first-order valence-electron chi connectivity index (χ1n) is 10.9. The topological polar surface area (TPSA) is 114 Å². The lowest BCUT2D eigenvalue weighted by molar-refractivity contribution is 0.442. The number of hydrogen-bond acceptors (Lipinski definition) is 7. The molecule has 0 saturated carbocycles. The van der Waals surface area contributed by atoms with Gasteiger partial charge in [-0.1, -0.05) is 42.5 Å². The van der Waals surface area contributed by atoms with Crippen molar-refractivity contribution < 1.29 is 19.0 Å². The molecule has 6 rings (SSSR count). The zero-order valence-corrected chi connectivity index (χ0v) is 18.1. The van der Waals surface area contributed by atoms with Crippen LogP contribution in [0, 0.1) is 0 Å². The standard InChI is InChI=1S/C28H17NO6/c30-25-17-8-2-5-11-20(17)34-27(32)23(25)22(16-13-14-29-19-10-4-1-7-15(16)19)24-26(31)18-9-3-6-12-21(18)35-28(24)33/h1-14,22,30-31H. The van der Waals surface area contributed by atoms with Gasteiger partial charge in [-0.25, -0.2) is 9.59 Å². The van der Waals surface area contributed by atoms with Crippen molar-refractivity contribution in [2.75, 3.05) is 0 Å². The predicted octanol–water partition coefficient (Wildman–Crippen LogP) is 5.04. The van der Waals surface area contributed by atoms with Crippen LogP contribution >= 0.6 is 0 Å². The van der Waals surface area contributed by atoms with Gasteiger partial charge in [0.2, 0.25) is 0 Å². The minimum absolute atomic E-state index is 0.182. The summed E-state index contributed by atoms with van der Waals surface area (Å²) in [6.07, 6.45) is 1.55. The molecule has 0 aliphatic heterocycles. The van der Waals surface area contributed by atoms with Gasteiger partial charge in [0, 0.05) is 11.6 Å². The van der Waals surface area contributed by atoms with E-state index in [9.17, 15) is 19.8 Å². The van der Waals surface area contributed by atoms with E-state index in [1.165, 1.54) is 0 Å². The number of nitrogens with zero attached hydrogens (tertiary/aromatic N) is 1. The molecule has 0 fully saturated rings. The van der Waals surface area contributed by atoms with E-state index in [-0.39, 0.29) is 33.8 Å². The van der Waals surface area contributed by atoms with E-state index in [1.807, 2.05) is 6.07 Å². The second kappa shape index (κ2) is 7.85. The first-order chi connectivity index (χ1) is 17.0. The second-order valence-electron chi connectivity index (χ2n) is 8.15. The molecule has 3 heterocycles. The molecule has 6 aromatic rings. The zero-order chi connectivity index (χ0) is 24.1. The third kappa shape index (κ3) is 3.17. The van der Waals surface area contributed by atoms with Gasteiger partial charge in [-0.3, -0.25) is 4.98 Å². The smallest absolute Gasteiger partial charge is 0.344 e. The van der Waals surface area contributed by atoms with Crippen molar-refractivity contribution in [3.8, 4) is 11.5 Å². The SMILES string of the molecule is O=c1oc2ccccc2c(O)c1C(c1c(O)c2ccccc2oc1=O)c1ccnc2ccccc12. The van der Waals surface area contributed by atoms with Crippen LogP contribution in [0.1, 0.15) is 22.6 Å². The Morgan fingerprint density at radius 3 is 1.69 bits per heavy atom. The van der Waals surface area contributed by atoms with Crippen LogP contribution in [0.5, 0.6) is 11.5 Å². The number of aromatic nitrogens is 1. The molecular formula is C28H17NO6. The van der Waals surface area contributed by atoms with Crippen molar-refractivity contribution in [2.24, 2.45) is 0 Å². The third-order valence-corrected chi connectivity index (χ3v) is 6.21. The van der Waals surface area contributed by atoms with Crippen molar-refractivity contribution in [1.82, 2.24) is 4.98 Å². The van der Waals surface area contributed by atoms with Crippen LogP contribution in [-0.2, 0) is 0 Å². The van der Waals surface area contributed by atoms with Gasteiger partial charge in [-0.05, 0) is 42.0 Å². The molecule has 0 amide bonds. The summed E-state index contributed by atoms with van der Waals surface area (Å²) < 4.78 is 11.1. The first-order valence-corrected chi connectivity index (χ1v) is 10.9. The van der Waals surface area contributed by atoms with Crippen LogP contribution in [0.2, 0.25) is 0 Å². The largest absolute Gasteiger partial charge is 0.507 e. The molecule has 0 aliphatic rings. The molecule has 0 saturated heterocycles. The van der Waals surface area contributed by atoms with Crippen molar-refractivity contribution >= 4 is 32.8 Å². The lowest BCUT2D eigenvalue weighted by Crippen LogP contribution is -2.21. The number of rotatable bonds is 3. The molecule has 35 heavy (non-hydrogen) atoms. The predicted molar refractivity (Wildman–Crippen MR) is 131 cm³/mol. The number of para-hydroxylation sites is 3. The fourth-order valence-corrected chi connectivity index (χ4v) is 4.63. The molecule has 3 aromatic heterocycles. The molecule has 7 heteroatoms. The summed E-state index contributed by atoms with van der Waals surface area (Å²) in [6, 6.07) is 22.0. The Labute approximate surface area is 197 Å². The van der Waals surface area contributed by atoms with Crippen molar-refractivity contribution in [2.45, 2.75) is 5.92 Å². The van der Waals surface area contributed by atoms with E-state index >= 15 is 0 Å². The molecule has 0 bridgehead atoms. The van der Waals surface area contributed by atoms with Gasteiger partial charge < -0.3 is 19.0 Å². The maximum atomic E-state index is 13.3. The van der Waals surface area contributed by atoms with Crippen LogP contribution in [0.15, 0.2) is 103 Å². The Hall–Kier alpha value is -4.91. The highest BCUT2D eigenvalue weighted by Crippen LogP contribution is 2.43. The van der Waals surface area contributed by atoms with Gasteiger partial charge in [0.05, 0.1) is 33.3 Å². The molecule has 0 unspecified atom stereocenters. The summed E-state index contributed by atoms with van der Waals surface area (Å²) in [5.74, 6) is -1.88. The van der Waals surface area contributed by atoms with Gasteiger partial charge in [0.25, 0.3) is 0 Å². The summed E-state index contributed by atoms with van der Waals surface area (Å²) in [5.41, 5.74) is -0.539. The maximum Gasteiger partial charge on any atom is 0.344 e. The molecular weight excluding hydrogens is 446 g/mol. The Bertz CT molecular complexity index is 1780. The molecule has 2 N–H and O–H groups in total. The summed E-state index contributed by atoms with van der Waals surface area (Å²) in [7, 11) is 0. The molecule has 0 spiro atoms. The normalized spacial score (nSPS) is 11.6. The second-order valence-corrected chi connectivity index (χ2v) is 8.15. The Balaban J connectivity index is 1.79. The molecule has 0 radical (unpaired) electrons. The summed E-state index contributed by atoms with van der Waals surface area (Å²) >= 11 is 0. The fourth-order valence-electron chi connectivity index (χ4n) is 4.63. The Morgan fingerprint density at radius 2 is 1.11 bits per heavy atom. The molecule has 170 valence electrons. The van der Waals surface area contributed by atoms with Gasteiger partial charge in [-0.2, -0.15) is 0 Å². The number of pyridine rings is 1. The van der Waals surface area contributed by atoms with Crippen LogP contribution in [-0.4, -0.2) is 15.2 Å². The quantitative estimate of drug-likeness (QED) is 0.354. The lowest BCUT2D eigenvalue weighted by Gasteiger charge is -2.21. The van der Waals surface area contributed by atoms with E-state index in [2.05, 4.69) is 4.98 Å². The fraction of sp³-hybridized carbons (Fsp3) is 0.0357. The van der Waals surface area contributed by atoms with Crippen LogP contribution in [0.25, 0.3) is 32.8 Å². The summed E-state index contributed by atoms with van der Waals surface area (Å²) in [4.78, 5) is 31.0. The van der Waals surface area contributed by atoms with Gasteiger partial charge in [-0.15, -0.1) is 0 Å². The molecule has 0 atom stereocenters. The van der Waals surface area contributed by atoms with Gasteiger partial charge in [0.15, 0.2) is 0 Å². The maximum absolute atomic E-state index is 13.3. The minimum atomic E-state index is -1.20. The monoisotopic (exact) mass is 463 g/mol. The van der Waals surface area contributed by atoms with Gasteiger partial charge >= 0.3 is 11.3 Å². The zero-order valence-electron chi connectivity index (χ0n) is 18.1. The lowest BCUT2D eigenvalue weighted by atomic mass is 9.83. The highest BCUT2D eigenvalue weighted by Gasteiger charge is 2.33. The van der Waals surface area contributed by atoms with Crippen LogP contribution in [0.3, 0.4) is 0 Å². The third-order valence-electron chi connectivity index (χ3n) is 6.21.